The second-order valence-corrected chi connectivity index (χ2v) is 7.99. The van der Waals surface area contributed by atoms with Gasteiger partial charge < -0.3 is 42.0 Å². The molecule has 0 aliphatic rings. The maximum absolute atomic E-state index is 12.9. The van der Waals surface area contributed by atoms with E-state index in [0.29, 0.717) is 5.56 Å². The summed E-state index contributed by atoms with van der Waals surface area (Å²) in [5.74, 6) is -5.19. The van der Waals surface area contributed by atoms with Gasteiger partial charge in [-0.3, -0.25) is 19.2 Å². The molecule has 13 nitrogen and oxygen atoms in total. The van der Waals surface area contributed by atoms with Crippen molar-refractivity contribution in [3.8, 4) is 0 Å². The van der Waals surface area contributed by atoms with E-state index in [2.05, 4.69) is 20.9 Å². The molecule has 3 amide bonds. The maximum atomic E-state index is 12.9. The first-order valence-electron chi connectivity index (χ1n) is 10.8. The zero-order valence-electron chi connectivity index (χ0n) is 19.0. The molecule has 4 unspecified atom stereocenters. The van der Waals surface area contributed by atoms with E-state index in [-0.39, 0.29) is 12.8 Å². The SMILES string of the molecule is CC(N)C(=O)NC(CO)C(=O)NC(CCC(=O)O)C(=O)NC(Cc1c[nH]c2ccccc12)C(=O)O. The number of carbonyl (C=O) groups is 5. The molecule has 0 saturated heterocycles. The van der Waals surface area contributed by atoms with Crippen LogP contribution in [0.3, 0.4) is 0 Å². The number of nitrogens with one attached hydrogen (secondary N) is 4. The molecule has 4 atom stereocenters. The van der Waals surface area contributed by atoms with Gasteiger partial charge in [-0.15, -0.1) is 0 Å². The standard InChI is InChI=1S/C22H29N5O8/c1-11(23)19(31)27-17(10-28)21(33)25-15(6-7-18(29)30)20(32)26-16(22(34)35)8-12-9-24-14-5-3-2-4-13(12)14/h2-5,9,11,15-17,24,28H,6-8,10,23H2,1H3,(H,25,33)(H,26,32)(H,27,31)(H,29,30)(H,34,35). The van der Waals surface area contributed by atoms with Crippen LogP contribution >= 0.6 is 0 Å². The summed E-state index contributed by atoms with van der Waals surface area (Å²) in [6.45, 7) is 0.556. The number of carbonyl (C=O) groups excluding carboxylic acids is 3. The fourth-order valence-electron chi connectivity index (χ4n) is 3.30. The number of nitrogens with two attached hydrogens (primary N) is 1. The number of hydrogen-bond donors (Lipinski definition) is 8. The van der Waals surface area contributed by atoms with Gasteiger partial charge in [0, 0.05) is 29.9 Å². The molecule has 1 aromatic carbocycles. The molecule has 0 fully saturated rings. The summed E-state index contributed by atoms with van der Waals surface area (Å²) in [5.41, 5.74) is 6.85. The van der Waals surface area contributed by atoms with Gasteiger partial charge in [0.1, 0.15) is 18.1 Å². The van der Waals surface area contributed by atoms with Gasteiger partial charge in [-0.2, -0.15) is 0 Å². The van der Waals surface area contributed by atoms with Crippen molar-refractivity contribution >= 4 is 40.6 Å². The van der Waals surface area contributed by atoms with Crippen LogP contribution in [0.4, 0.5) is 0 Å². The highest BCUT2D eigenvalue weighted by Gasteiger charge is 2.30. The Kier molecular flexibility index (Phi) is 9.73. The first kappa shape index (κ1) is 27.3. The van der Waals surface area contributed by atoms with Crippen molar-refractivity contribution in [1.29, 1.82) is 0 Å². The molecule has 1 aromatic heterocycles. The van der Waals surface area contributed by atoms with Gasteiger partial charge in [-0.05, 0) is 25.0 Å². The molecule has 35 heavy (non-hydrogen) atoms. The molecule has 13 heteroatoms. The van der Waals surface area contributed by atoms with E-state index in [1.165, 1.54) is 6.92 Å². The molecular formula is C22H29N5O8. The van der Waals surface area contributed by atoms with Crippen LogP contribution in [0.5, 0.6) is 0 Å². The summed E-state index contributed by atoms with van der Waals surface area (Å²) in [5, 5.41) is 35.7. The Morgan fingerprint density at radius 2 is 1.54 bits per heavy atom. The number of aliphatic carboxylic acids is 2. The third-order valence-corrected chi connectivity index (χ3v) is 5.22. The highest BCUT2D eigenvalue weighted by Crippen LogP contribution is 2.19. The van der Waals surface area contributed by atoms with Crippen molar-refractivity contribution in [2.75, 3.05) is 6.61 Å². The van der Waals surface area contributed by atoms with Gasteiger partial charge in [0.05, 0.1) is 12.6 Å². The first-order chi connectivity index (χ1) is 16.5. The number of aliphatic hydroxyl groups is 1. The molecule has 0 aliphatic heterocycles. The molecule has 1 heterocycles. The number of para-hydroxylation sites is 1. The van der Waals surface area contributed by atoms with Gasteiger partial charge in [0.25, 0.3) is 0 Å². The molecule has 0 radical (unpaired) electrons. The number of aliphatic hydroxyl groups excluding tert-OH is 1. The van der Waals surface area contributed by atoms with Crippen molar-refractivity contribution in [2.45, 2.75) is 50.4 Å². The average molecular weight is 492 g/mol. The summed E-state index contributed by atoms with van der Waals surface area (Å²) >= 11 is 0. The Hall–Kier alpha value is -3.97. The van der Waals surface area contributed by atoms with Crippen LogP contribution in [-0.4, -0.2) is 80.7 Å². The van der Waals surface area contributed by atoms with Crippen LogP contribution in [-0.2, 0) is 30.4 Å². The number of H-pyrrole nitrogens is 1. The largest absolute Gasteiger partial charge is 0.481 e. The lowest BCUT2D eigenvalue weighted by Crippen LogP contribution is -2.58. The second kappa shape index (κ2) is 12.5. The van der Waals surface area contributed by atoms with Crippen molar-refractivity contribution in [2.24, 2.45) is 5.73 Å². The van der Waals surface area contributed by atoms with E-state index in [1.54, 1.807) is 18.3 Å². The van der Waals surface area contributed by atoms with Gasteiger partial charge >= 0.3 is 11.9 Å². The van der Waals surface area contributed by atoms with E-state index in [1.807, 2.05) is 12.1 Å². The number of carboxylic acids is 2. The zero-order valence-corrected chi connectivity index (χ0v) is 19.0. The van der Waals surface area contributed by atoms with Crippen molar-refractivity contribution in [3.05, 3.63) is 36.0 Å². The normalized spacial score (nSPS) is 14.4. The highest BCUT2D eigenvalue weighted by molar-refractivity contribution is 5.94. The lowest BCUT2D eigenvalue weighted by molar-refractivity contribution is -0.143. The Labute approximate surface area is 200 Å². The lowest BCUT2D eigenvalue weighted by atomic mass is 10.0. The Bertz CT molecular complexity index is 1080. The Morgan fingerprint density at radius 3 is 2.14 bits per heavy atom. The van der Waals surface area contributed by atoms with Crippen LogP contribution in [0.1, 0.15) is 25.3 Å². The number of amides is 3. The molecule has 9 N–H and O–H groups in total. The van der Waals surface area contributed by atoms with Crippen molar-refractivity contribution < 1.29 is 39.3 Å². The first-order valence-corrected chi connectivity index (χ1v) is 10.8. The number of fused-ring (bicyclic) bond motifs is 1. The Morgan fingerprint density at radius 1 is 0.943 bits per heavy atom. The smallest absolute Gasteiger partial charge is 0.326 e. The highest BCUT2D eigenvalue weighted by atomic mass is 16.4. The summed E-state index contributed by atoms with van der Waals surface area (Å²) in [6.07, 6.45) is 0.693. The number of hydrogen-bond acceptors (Lipinski definition) is 7. The van der Waals surface area contributed by atoms with Crippen LogP contribution in [0.2, 0.25) is 0 Å². The van der Waals surface area contributed by atoms with Crippen LogP contribution < -0.4 is 21.7 Å². The molecule has 0 aliphatic carbocycles. The number of carboxylic acid groups (broad SMARTS) is 2. The maximum Gasteiger partial charge on any atom is 0.326 e. The van der Waals surface area contributed by atoms with Crippen molar-refractivity contribution in [1.82, 2.24) is 20.9 Å². The monoisotopic (exact) mass is 491 g/mol. The van der Waals surface area contributed by atoms with Gasteiger partial charge in [-0.1, -0.05) is 18.2 Å². The lowest BCUT2D eigenvalue weighted by Gasteiger charge is -2.24. The number of aromatic nitrogens is 1. The van der Waals surface area contributed by atoms with E-state index in [9.17, 15) is 34.2 Å². The minimum absolute atomic E-state index is 0.0750. The molecule has 2 rings (SSSR count). The Balaban J connectivity index is 2.16. The van der Waals surface area contributed by atoms with Gasteiger partial charge in [-0.25, -0.2) is 4.79 Å². The summed E-state index contributed by atoms with van der Waals surface area (Å²) in [4.78, 5) is 63.1. The quantitative estimate of drug-likeness (QED) is 0.162. The fraction of sp³-hybridized carbons (Fsp3) is 0.409. The van der Waals surface area contributed by atoms with Crippen LogP contribution in [0.15, 0.2) is 30.5 Å². The molecule has 0 saturated carbocycles. The van der Waals surface area contributed by atoms with Crippen LogP contribution in [0.25, 0.3) is 10.9 Å². The summed E-state index contributed by atoms with van der Waals surface area (Å²) < 4.78 is 0. The minimum atomic E-state index is -1.45. The third-order valence-electron chi connectivity index (χ3n) is 5.22. The summed E-state index contributed by atoms with van der Waals surface area (Å²) in [7, 11) is 0. The molecular weight excluding hydrogens is 462 g/mol. The van der Waals surface area contributed by atoms with E-state index in [4.69, 9.17) is 10.8 Å². The predicted molar refractivity (Wildman–Crippen MR) is 123 cm³/mol. The second-order valence-electron chi connectivity index (χ2n) is 7.99. The third kappa shape index (κ3) is 7.79. The molecule has 0 bridgehead atoms. The molecule has 2 aromatic rings. The minimum Gasteiger partial charge on any atom is -0.481 e. The average Bonchev–Trinajstić information content (AvgIpc) is 3.21. The summed E-state index contributed by atoms with van der Waals surface area (Å²) in [6, 6.07) is 1.97. The van der Waals surface area contributed by atoms with E-state index in [0.717, 1.165) is 10.9 Å². The van der Waals surface area contributed by atoms with Gasteiger partial charge in [0.15, 0.2) is 0 Å². The number of aromatic amines is 1. The van der Waals surface area contributed by atoms with Crippen LogP contribution in [0, 0.1) is 0 Å². The molecule has 190 valence electrons. The van der Waals surface area contributed by atoms with E-state index < -0.39 is 66.9 Å². The van der Waals surface area contributed by atoms with E-state index >= 15 is 0 Å². The topological polar surface area (TPSA) is 224 Å². The zero-order chi connectivity index (χ0) is 26.1. The van der Waals surface area contributed by atoms with Crippen molar-refractivity contribution in [3.63, 3.8) is 0 Å². The predicted octanol–water partition coefficient (Wildman–Crippen LogP) is -1.55. The number of benzene rings is 1. The molecule has 0 spiro atoms. The number of rotatable bonds is 13. The van der Waals surface area contributed by atoms with Gasteiger partial charge in [0.2, 0.25) is 17.7 Å². The fourth-order valence-corrected chi connectivity index (χ4v) is 3.30.